The van der Waals surface area contributed by atoms with Crippen LogP contribution < -0.4 is 18.9 Å². The van der Waals surface area contributed by atoms with E-state index in [0.717, 1.165) is 53.6 Å². The Morgan fingerprint density at radius 1 is 0.889 bits per heavy atom. The number of hydrogen-bond donors (Lipinski definition) is 0. The number of hydrogen-bond acceptors (Lipinski definition) is 5. The van der Waals surface area contributed by atoms with Gasteiger partial charge in [-0.05, 0) is 47.7 Å². The summed E-state index contributed by atoms with van der Waals surface area (Å²) in [4.78, 5) is 0. The highest BCUT2D eigenvalue weighted by Crippen LogP contribution is 2.38. The molecule has 2 atom stereocenters. The van der Waals surface area contributed by atoms with Gasteiger partial charge in [0.15, 0.2) is 23.0 Å². The van der Waals surface area contributed by atoms with Crippen LogP contribution >= 0.6 is 0 Å². The van der Waals surface area contributed by atoms with Crippen molar-refractivity contribution in [3.8, 4) is 23.0 Å². The summed E-state index contributed by atoms with van der Waals surface area (Å²) in [7, 11) is 4.94. The van der Waals surface area contributed by atoms with Crippen LogP contribution in [0.4, 0.5) is 0 Å². The summed E-state index contributed by atoms with van der Waals surface area (Å²) in [6.07, 6.45) is 1.99. The van der Waals surface area contributed by atoms with Crippen molar-refractivity contribution >= 4 is 0 Å². The number of benzene rings is 2. The molecule has 1 aliphatic rings. The van der Waals surface area contributed by atoms with E-state index in [0.29, 0.717) is 12.5 Å². The van der Waals surface area contributed by atoms with Gasteiger partial charge < -0.3 is 23.7 Å². The van der Waals surface area contributed by atoms with Crippen LogP contribution in [0.2, 0.25) is 0 Å². The molecule has 27 heavy (non-hydrogen) atoms. The Labute approximate surface area is 161 Å². The molecule has 2 aromatic carbocycles. The maximum absolute atomic E-state index is 5.97. The molecule has 5 heteroatoms. The van der Waals surface area contributed by atoms with Gasteiger partial charge in [-0.15, -0.1) is 0 Å². The topological polar surface area (TPSA) is 46.2 Å². The van der Waals surface area contributed by atoms with Crippen LogP contribution in [-0.4, -0.2) is 34.5 Å². The first-order valence-electron chi connectivity index (χ1n) is 9.29. The quantitative estimate of drug-likeness (QED) is 0.686. The lowest BCUT2D eigenvalue weighted by atomic mass is 9.97. The normalized spacial score (nSPS) is 19.0. The van der Waals surface area contributed by atoms with Crippen molar-refractivity contribution in [2.45, 2.75) is 25.9 Å². The van der Waals surface area contributed by atoms with E-state index in [2.05, 4.69) is 13.0 Å². The summed E-state index contributed by atoms with van der Waals surface area (Å²) in [5.41, 5.74) is 2.26. The van der Waals surface area contributed by atoms with Crippen molar-refractivity contribution in [2.24, 2.45) is 5.92 Å². The summed E-state index contributed by atoms with van der Waals surface area (Å²) in [6, 6.07) is 12.0. The Bertz CT molecular complexity index is 758. The predicted octanol–water partition coefficient (Wildman–Crippen LogP) is 4.43. The van der Waals surface area contributed by atoms with E-state index in [-0.39, 0.29) is 6.10 Å². The Hall–Kier alpha value is -2.40. The molecule has 0 aliphatic carbocycles. The fraction of sp³-hybridized carbons (Fsp3) is 0.455. The van der Waals surface area contributed by atoms with Crippen LogP contribution in [0.15, 0.2) is 36.4 Å². The van der Waals surface area contributed by atoms with Crippen LogP contribution in [0.1, 0.15) is 30.6 Å². The Morgan fingerprint density at radius 3 is 2.26 bits per heavy atom. The monoisotopic (exact) mass is 372 g/mol. The van der Waals surface area contributed by atoms with Crippen LogP contribution in [-0.2, 0) is 11.2 Å². The molecule has 0 amide bonds. The lowest BCUT2D eigenvalue weighted by Gasteiger charge is -2.18. The molecule has 0 saturated carbocycles. The van der Waals surface area contributed by atoms with Crippen molar-refractivity contribution < 1.29 is 23.7 Å². The second kappa shape index (κ2) is 9.00. The molecular weight excluding hydrogens is 344 g/mol. The molecule has 1 fully saturated rings. The first-order chi connectivity index (χ1) is 13.2. The molecule has 0 unspecified atom stereocenters. The summed E-state index contributed by atoms with van der Waals surface area (Å²) in [5.74, 6) is 3.45. The van der Waals surface area contributed by atoms with Gasteiger partial charge in [0.25, 0.3) is 0 Å². The van der Waals surface area contributed by atoms with Crippen LogP contribution in [0.3, 0.4) is 0 Å². The van der Waals surface area contributed by atoms with Crippen LogP contribution in [0.25, 0.3) is 0 Å². The van der Waals surface area contributed by atoms with Gasteiger partial charge in [0.2, 0.25) is 0 Å². The predicted molar refractivity (Wildman–Crippen MR) is 104 cm³/mol. The zero-order valence-corrected chi connectivity index (χ0v) is 16.5. The Morgan fingerprint density at radius 2 is 1.59 bits per heavy atom. The third-order valence-electron chi connectivity index (χ3n) is 5.00. The Kier molecular flexibility index (Phi) is 6.45. The largest absolute Gasteiger partial charge is 0.493 e. The molecule has 0 radical (unpaired) electrons. The van der Waals surface area contributed by atoms with Gasteiger partial charge in [-0.25, -0.2) is 0 Å². The van der Waals surface area contributed by atoms with Crippen molar-refractivity contribution in [1.82, 2.24) is 0 Å². The summed E-state index contributed by atoms with van der Waals surface area (Å²) in [5, 5.41) is 0. The summed E-state index contributed by atoms with van der Waals surface area (Å²) < 4.78 is 28.0. The first-order valence-corrected chi connectivity index (χ1v) is 9.29. The van der Waals surface area contributed by atoms with Crippen molar-refractivity contribution in [3.63, 3.8) is 0 Å². The van der Waals surface area contributed by atoms with Gasteiger partial charge in [-0.1, -0.05) is 19.1 Å². The molecule has 5 nitrogen and oxygen atoms in total. The molecule has 0 bridgehead atoms. The van der Waals surface area contributed by atoms with Crippen LogP contribution in [0, 0.1) is 5.92 Å². The molecule has 1 saturated heterocycles. The van der Waals surface area contributed by atoms with Crippen LogP contribution in [0.5, 0.6) is 23.0 Å². The minimum Gasteiger partial charge on any atom is -0.493 e. The van der Waals surface area contributed by atoms with E-state index in [1.807, 2.05) is 30.3 Å². The smallest absolute Gasteiger partial charge is 0.161 e. The maximum atomic E-state index is 5.97. The van der Waals surface area contributed by atoms with Gasteiger partial charge in [0, 0.05) is 13.0 Å². The van der Waals surface area contributed by atoms with Gasteiger partial charge in [0.1, 0.15) is 0 Å². The average molecular weight is 372 g/mol. The lowest BCUT2D eigenvalue weighted by Crippen LogP contribution is -2.06. The molecule has 0 N–H and O–H groups in total. The molecule has 146 valence electrons. The molecular formula is C22H28O5. The molecule has 0 spiro atoms. The second-order valence-electron chi connectivity index (χ2n) is 6.76. The maximum Gasteiger partial charge on any atom is 0.161 e. The molecule has 3 rings (SSSR count). The first kappa shape index (κ1) is 19.4. The highest BCUT2D eigenvalue weighted by atomic mass is 16.5. The van der Waals surface area contributed by atoms with E-state index < -0.39 is 0 Å². The van der Waals surface area contributed by atoms with Crippen molar-refractivity contribution in [1.29, 1.82) is 0 Å². The summed E-state index contributed by atoms with van der Waals surface area (Å²) >= 11 is 0. The number of ether oxygens (including phenoxy) is 5. The van der Waals surface area contributed by atoms with Gasteiger partial charge in [-0.2, -0.15) is 0 Å². The average Bonchev–Trinajstić information content (AvgIpc) is 3.13. The highest BCUT2D eigenvalue weighted by Gasteiger charge is 2.26. The third-order valence-corrected chi connectivity index (χ3v) is 5.00. The van der Waals surface area contributed by atoms with Crippen molar-refractivity contribution in [2.75, 3.05) is 34.5 Å². The lowest BCUT2D eigenvalue weighted by molar-refractivity contribution is 0.0942. The fourth-order valence-electron chi connectivity index (χ4n) is 3.42. The third kappa shape index (κ3) is 4.48. The fourth-order valence-corrected chi connectivity index (χ4v) is 3.42. The van der Waals surface area contributed by atoms with Gasteiger partial charge >= 0.3 is 0 Å². The number of methoxy groups -OCH3 is 3. The molecule has 0 aromatic heterocycles. The second-order valence-corrected chi connectivity index (χ2v) is 6.76. The van der Waals surface area contributed by atoms with Gasteiger partial charge in [-0.3, -0.25) is 0 Å². The van der Waals surface area contributed by atoms with E-state index in [1.165, 1.54) is 0 Å². The zero-order chi connectivity index (χ0) is 19.2. The zero-order valence-electron chi connectivity index (χ0n) is 16.5. The Balaban J connectivity index is 1.64. The van der Waals surface area contributed by atoms with E-state index in [9.17, 15) is 0 Å². The standard InChI is InChI=1S/C22H28O5/c1-15-9-11-27-22(15)17-6-8-19(21(14-17)25-4)26-12-10-16-5-7-18(23-2)20(13-16)24-3/h5-8,13-15,22H,9-12H2,1-4H3/t15-,22+/m1/s1. The summed E-state index contributed by atoms with van der Waals surface area (Å²) in [6.45, 7) is 3.58. The molecule has 1 heterocycles. The minimum atomic E-state index is 0.139. The van der Waals surface area contributed by atoms with E-state index in [1.54, 1.807) is 21.3 Å². The van der Waals surface area contributed by atoms with Gasteiger partial charge in [0.05, 0.1) is 34.0 Å². The van der Waals surface area contributed by atoms with Crippen molar-refractivity contribution in [3.05, 3.63) is 47.5 Å². The minimum absolute atomic E-state index is 0.139. The SMILES string of the molecule is COc1ccc(CCOc2ccc([C@H]3OCC[C@H]3C)cc2OC)cc1OC. The van der Waals surface area contributed by atoms with E-state index >= 15 is 0 Å². The molecule has 2 aromatic rings. The molecule has 1 aliphatic heterocycles. The van der Waals surface area contributed by atoms with E-state index in [4.69, 9.17) is 23.7 Å². The number of rotatable bonds is 8. The highest BCUT2D eigenvalue weighted by molar-refractivity contribution is 5.44.